The van der Waals surface area contributed by atoms with Crippen LogP contribution < -0.4 is 24.3 Å². The van der Waals surface area contributed by atoms with E-state index in [9.17, 15) is 15.0 Å². The molecule has 42 heavy (non-hydrogen) atoms. The van der Waals surface area contributed by atoms with Gasteiger partial charge in [0.1, 0.15) is 30.5 Å². The average Bonchev–Trinajstić information content (AvgIpc) is 2.99. The number of aliphatic hydroxyl groups is 1. The lowest BCUT2D eigenvalue weighted by Gasteiger charge is -2.31. The van der Waals surface area contributed by atoms with Gasteiger partial charge in [-0.2, -0.15) is 0 Å². The number of nitrogens with one attached hydrogen (secondary N) is 1. The standard InChI is InChI=1S/C34H37NO7/c1-3-19-34(33(37)38,35-22-25(2)36)42-30-16-10-15-28(20-30)41-29-17-18-31(39-23-26-11-6-4-7-12-26)32(21-29)40-24-27-13-8-5-9-14-27/h4-18,20-21,25,35-36H,3,19,22-24H2,1-2H3,(H,37,38). The molecule has 0 heterocycles. The molecule has 0 saturated carbocycles. The van der Waals surface area contributed by atoms with Crippen molar-refractivity contribution in [3.05, 3.63) is 114 Å². The highest BCUT2D eigenvalue weighted by molar-refractivity contribution is 5.77. The van der Waals surface area contributed by atoms with Crippen molar-refractivity contribution >= 4 is 5.97 Å². The molecule has 4 rings (SSSR count). The van der Waals surface area contributed by atoms with Gasteiger partial charge < -0.3 is 29.2 Å². The Morgan fingerprint density at radius 2 is 1.38 bits per heavy atom. The predicted octanol–water partition coefficient (Wildman–Crippen LogP) is 6.57. The summed E-state index contributed by atoms with van der Waals surface area (Å²) in [6.07, 6.45) is 0.0173. The third kappa shape index (κ3) is 8.73. The van der Waals surface area contributed by atoms with Gasteiger partial charge in [0.2, 0.25) is 0 Å². The van der Waals surface area contributed by atoms with Gasteiger partial charge in [-0.05, 0) is 42.3 Å². The number of carbonyl (C=O) groups is 1. The van der Waals surface area contributed by atoms with Crippen molar-refractivity contribution in [2.24, 2.45) is 0 Å². The molecule has 0 fully saturated rings. The fourth-order valence-electron chi connectivity index (χ4n) is 4.26. The zero-order valence-corrected chi connectivity index (χ0v) is 23.9. The van der Waals surface area contributed by atoms with E-state index in [1.807, 2.05) is 67.6 Å². The molecule has 0 spiro atoms. The molecule has 2 unspecified atom stereocenters. The average molecular weight is 572 g/mol. The number of rotatable bonds is 16. The van der Waals surface area contributed by atoms with Crippen LogP contribution in [0.15, 0.2) is 103 Å². The van der Waals surface area contributed by atoms with Gasteiger partial charge in [-0.1, -0.05) is 80.1 Å². The summed E-state index contributed by atoms with van der Waals surface area (Å²) in [6, 6.07) is 31.8. The highest BCUT2D eigenvalue weighted by Gasteiger charge is 2.40. The van der Waals surface area contributed by atoms with E-state index in [1.54, 1.807) is 49.4 Å². The molecule has 0 bridgehead atoms. The van der Waals surface area contributed by atoms with Crippen molar-refractivity contribution in [1.29, 1.82) is 0 Å². The van der Waals surface area contributed by atoms with Crippen LogP contribution in [0.5, 0.6) is 28.7 Å². The molecule has 4 aromatic rings. The maximum atomic E-state index is 12.3. The molecule has 8 heteroatoms. The molecule has 2 atom stereocenters. The minimum absolute atomic E-state index is 0.0624. The Morgan fingerprint density at radius 3 is 1.98 bits per heavy atom. The highest BCUT2D eigenvalue weighted by atomic mass is 16.5. The quantitative estimate of drug-likeness (QED) is 0.130. The van der Waals surface area contributed by atoms with Crippen LogP contribution in [0.25, 0.3) is 0 Å². The van der Waals surface area contributed by atoms with Gasteiger partial charge in [-0.15, -0.1) is 0 Å². The second kappa shape index (κ2) is 14.9. The third-order valence-electron chi connectivity index (χ3n) is 6.35. The molecule has 4 aromatic carbocycles. The van der Waals surface area contributed by atoms with Crippen LogP contribution in [-0.2, 0) is 18.0 Å². The van der Waals surface area contributed by atoms with E-state index in [1.165, 1.54) is 0 Å². The van der Waals surface area contributed by atoms with Crippen LogP contribution in [0.1, 0.15) is 37.8 Å². The molecular formula is C34H37NO7. The molecule has 0 saturated heterocycles. The van der Waals surface area contributed by atoms with E-state index in [0.29, 0.717) is 48.4 Å². The number of hydrogen-bond acceptors (Lipinski definition) is 7. The topological polar surface area (TPSA) is 106 Å². The lowest BCUT2D eigenvalue weighted by molar-refractivity contribution is -0.160. The summed E-state index contributed by atoms with van der Waals surface area (Å²) in [6.45, 7) is 4.25. The van der Waals surface area contributed by atoms with Crippen molar-refractivity contribution in [2.45, 2.75) is 51.7 Å². The zero-order valence-electron chi connectivity index (χ0n) is 23.9. The van der Waals surface area contributed by atoms with Crippen molar-refractivity contribution in [1.82, 2.24) is 5.32 Å². The molecule has 220 valence electrons. The molecular weight excluding hydrogens is 534 g/mol. The summed E-state index contributed by atoms with van der Waals surface area (Å²) in [5.41, 5.74) is 0.355. The number of benzene rings is 4. The van der Waals surface area contributed by atoms with E-state index < -0.39 is 17.8 Å². The molecule has 0 aliphatic carbocycles. The van der Waals surface area contributed by atoms with Crippen LogP contribution in [-0.4, -0.2) is 34.6 Å². The first-order valence-corrected chi connectivity index (χ1v) is 14.0. The molecule has 0 aromatic heterocycles. The first kappa shape index (κ1) is 30.4. The number of ether oxygens (including phenoxy) is 4. The van der Waals surface area contributed by atoms with Crippen LogP contribution in [0, 0.1) is 0 Å². The molecule has 3 N–H and O–H groups in total. The van der Waals surface area contributed by atoms with Crippen molar-refractivity contribution in [3.8, 4) is 28.7 Å². The van der Waals surface area contributed by atoms with Crippen LogP contribution >= 0.6 is 0 Å². The Hall–Kier alpha value is -4.53. The van der Waals surface area contributed by atoms with Crippen molar-refractivity contribution in [2.75, 3.05) is 6.54 Å². The summed E-state index contributed by atoms with van der Waals surface area (Å²) in [5, 5.41) is 22.6. The number of aliphatic hydroxyl groups excluding tert-OH is 1. The summed E-state index contributed by atoms with van der Waals surface area (Å²) in [5.74, 6) is 1.20. The SMILES string of the molecule is CCCC(NCC(C)O)(Oc1cccc(Oc2ccc(OCc3ccccc3)c(OCc3ccccc3)c2)c1)C(=O)O. The number of carboxylic acids is 1. The van der Waals surface area contributed by atoms with E-state index in [0.717, 1.165) is 11.1 Å². The smallest absolute Gasteiger partial charge is 0.363 e. The van der Waals surface area contributed by atoms with Gasteiger partial charge >= 0.3 is 5.97 Å². The maximum absolute atomic E-state index is 12.3. The Labute approximate surface area is 246 Å². The maximum Gasteiger partial charge on any atom is 0.363 e. The van der Waals surface area contributed by atoms with Gasteiger partial charge in [0.05, 0.1) is 6.10 Å². The summed E-state index contributed by atoms with van der Waals surface area (Å²) in [4.78, 5) is 12.3. The Balaban J connectivity index is 1.54. The van der Waals surface area contributed by atoms with Gasteiger partial charge in [-0.3, -0.25) is 5.32 Å². The molecule has 8 nitrogen and oxygen atoms in total. The van der Waals surface area contributed by atoms with E-state index in [2.05, 4.69) is 5.32 Å². The van der Waals surface area contributed by atoms with Crippen molar-refractivity contribution < 1.29 is 34.0 Å². The lowest BCUT2D eigenvalue weighted by Crippen LogP contribution is -2.58. The molecule has 0 aliphatic heterocycles. The van der Waals surface area contributed by atoms with E-state index in [-0.39, 0.29) is 13.0 Å². The van der Waals surface area contributed by atoms with Gasteiger partial charge in [0, 0.05) is 25.1 Å². The van der Waals surface area contributed by atoms with E-state index in [4.69, 9.17) is 18.9 Å². The zero-order chi connectivity index (χ0) is 29.8. The molecule has 0 aliphatic rings. The van der Waals surface area contributed by atoms with Crippen molar-refractivity contribution in [3.63, 3.8) is 0 Å². The Morgan fingerprint density at radius 1 is 0.786 bits per heavy atom. The Kier molecular flexibility index (Phi) is 10.8. The fourth-order valence-corrected chi connectivity index (χ4v) is 4.26. The monoisotopic (exact) mass is 571 g/mol. The molecule has 0 radical (unpaired) electrons. The minimum Gasteiger partial charge on any atom is -0.485 e. The van der Waals surface area contributed by atoms with E-state index >= 15 is 0 Å². The predicted molar refractivity (Wildman–Crippen MR) is 160 cm³/mol. The van der Waals surface area contributed by atoms with Crippen LogP contribution in [0.2, 0.25) is 0 Å². The first-order valence-electron chi connectivity index (χ1n) is 14.0. The second-order valence-corrected chi connectivity index (χ2v) is 9.95. The summed E-state index contributed by atoms with van der Waals surface area (Å²) in [7, 11) is 0. The number of hydrogen-bond donors (Lipinski definition) is 3. The highest BCUT2D eigenvalue weighted by Crippen LogP contribution is 2.36. The third-order valence-corrected chi connectivity index (χ3v) is 6.35. The van der Waals surface area contributed by atoms with Gasteiger partial charge in [-0.25, -0.2) is 4.79 Å². The molecule has 0 amide bonds. The lowest BCUT2D eigenvalue weighted by atomic mass is 10.1. The number of carboxylic acid groups (broad SMARTS) is 1. The second-order valence-electron chi connectivity index (χ2n) is 9.95. The van der Waals surface area contributed by atoms with Gasteiger partial charge in [0.15, 0.2) is 11.5 Å². The largest absolute Gasteiger partial charge is 0.485 e. The summed E-state index contributed by atoms with van der Waals surface area (Å²) >= 11 is 0. The first-order chi connectivity index (χ1) is 20.4. The van der Waals surface area contributed by atoms with Crippen LogP contribution in [0.4, 0.5) is 0 Å². The number of aliphatic carboxylic acids is 1. The fraction of sp³-hybridized carbons (Fsp3) is 0.265. The summed E-state index contributed by atoms with van der Waals surface area (Å²) < 4.78 is 24.4. The Bertz CT molecular complexity index is 1410. The van der Waals surface area contributed by atoms with Crippen LogP contribution in [0.3, 0.4) is 0 Å². The normalized spacial score (nSPS) is 13.0. The van der Waals surface area contributed by atoms with Gasteiger partial charge in [0.25, 0.3) is 5.72 Å². The minimum atomic E-state index is -1.69.